The van der Waals surface area contributed by atoms with Crippen molar-refractivity contribution in [1.82, 2.24) is 10.2 Å². The van der Waals surface area contributed by atoms with Gasteiger partial charge >= 0.3 is 0 Å². The topological polar surface area (TPSA) is 49.4 Å². The summed E-state index contributed by atoms with van der Waals surface area (Å²) >= 11 is 0. The van der Waals surface area contributed by atoms with Crippen LogP contribution >= 0.6 is 0 Å². The minimum Gasteiger partial charge on any atom is -0.345 e. The van der Waals surface area contributed by atoms with E-state index in [4.69, 9.17) is 0 Å². The molecule has 1 aliphatic heterocycles. The molecule has 1 fully saturated rings. The fraction of sp³-hybridized carbons (Fsp3) is 0.750. The van der Waals surface area contributed by atoms with Gasteiger partial charge in [-0.2, -0.15) is 0 Å². The van der Waals surface area contributed by atoms with E-state index in [2.05, 4.69) is 5.32 Å². The third-order valence-corrected chi connectivity index (χ3v) is 1.96. The minimum atomic E-state index is -0.372. The van der Waals surface area contributed by atoms with Crippen LogP contribution in [0.3, 0.4) is 0 Å². The molecule has 4 heteroatoms. The molecule has 1 heterocycles. The normalized spacial score (nSPS) is 18.0. The first kappa shape index (κ1) is 9.03. The highest BCUT2D eigenvalue weighted by atomic mass is 16.2. The maximum atomic E-state index is 11.4. The number of likely N-dealkylation sites (tertiary alicyclic amines) is 1. The summed E-state index contributed by atoms with van der Waals surface area (Å²) in [6, 6.07) is -0.372. The number of carbonyl (C=O) groups excluding carboxylic acids is 2. The Kier molecular flexibility index (Phi) is 2.68. The molecule has 0 bridgehead atoms. The first-order valence-electron chi connectivity index (χ1n) is 4.17. The molecule has 0 aliphatic carbocycles. The van der Waals surface area contributed by atoms with Gasteiger partial charge in [-0.05, 0) is 13.3 Å². The molecule has 1 atom stereocenters. The summed E-state index contributed by atoms with van der Waals surface area (Å²) in [6.07, 6.45) is 1.08. The highest BCUT2D eigenvalue weighted by Gasteiger charge is 2.24. The van der Waals surface area contributed by atoms with Crippen molar-refractivity contribution in [3.8, 4) is 0 Å². The highest BCUT2D eigenvalue weighted by Crippen LogP contribution is 2.07. The second-order valence-electron chi connectivity index (χ2n) is 3.10. The predicted molar refractivity (Wildman–Crippen MR) is 44.5 cm³/mol. The number of hydrogen-bond acceptors (Lipinski definition) is 2. The van der Waals surface area contributed by atoms with E-state index in [1.807, 2.05) is 0 Å². The van der Waals surface area contributed by atoms with E-state index in [-0.39, 0.29) is 17.9 Å². The zero-order chi connectivity index (χ0) is 9.14. The lowest BCUT2D eigenvalue weighted by atomic mass is 10.2. The van der Waals surface area contributed by atoms with Gasteiger partial charge in [0.15, 0.2) is 0 Å². The molecule has 68 valence electrons. The SMILES string of the molecule is CC(=O)NC(C)C(=O)N1CCC1. The molecule has 0 radical (unpaired) electrons. The van der Waals surface area contributed by atoms with Gasteiger partial charge in [-0.25, -0.2) is 0 Å². The van der Waals surface area contributed by atoms with Crippen LogP contribution in [-0.4, -0.2) is 35.8 Å². The Bertz CT molecular complexity index is 199. The third kappa shape index (κ3) is 1.96. The summed E-state index contributed by atoms with van der Waals surface area (Å²) < 4.78 is 0. The average molecular weight is 170 g/mol. The lowest BCUT2D eigenvalue weighted by Gasteiger charge is -2.33. The first-order valence-corrected chi connectivity index (χ1v) is 4.17. The zero-order valence-corrected chi connectivity index (χ0v) is 7.46. The van der Waals surface area contributed by atoms with Crippen LogP contribution < -0.4 is 5.32 Å². The van der Waals surface area contributed by atoms with Crippen molar-refractivity contribution in [1.29, 1.82) is 0 Å². The number of carbonyl (C=O) groups is 2. The summed E-state index contributed by atoms with van der Waals surface area (Å²) in [5.41, 5.74) is 0. The Balaban J connectivity index is 2.34. The summed E-state index contributed by atoms with van der Waals surface area (Å²) in [5.74, 6) is -0.132. The zero-order valence-electron chi connectivity index (χ0n) is 7.46. The van der Waals surface area contributed by atoms with Crippen molar-refractivity contribution in [2.24, 2.45) is 0 Å². The fourth-order valence-electron chi connectivity index (χ4n) is 1.18. The maximum Gasteiger partial charge on any atom is 0.244 e. The fourth-order valence-corrected chi connectivity index (χ4v) is 1.18. The molecule has 2 amide bonds. The Morgan fingerprint density at radius 2 is 2.00 bits per heavy atom. The molecule has 1 N–H and O–H groups in total. The molecular weight excluding hydrogens is 156 g/mol. The quantitative estimate of drug-likeness (QED) is 0.621. The average Bonchev–Trinajstić information content (AvgIpc) is 1.81. The second-order valence-corrected chi connectivity index (χ2v) is 3.10. The Hall–Kier alpha value is -1.06. The predicted octanol–water partition coefficient (Wildman–Crippen LogP) is -0.257. The van der Waals surface area contributed by atoms with Gasteiger partial charge in [-0.3, -0.25) is 9.59 Å². The molecule has 1 rings (SSSR count). The summed E-state index contributed by atoms with van der Waals surface area (Å²) in [5, 5.41) is 2.56. The number of hydrogen-bond donors (Lipinski definition) is 1. The number of nitrogens with one attached hydrogen (secondary N) is 1. The van der Waals surface area contributed by atoms with E-state index in [1.165, 1.54) is 6.92 Å². The van der Waals surface area contributed by atoms with Crippen LogP contribution in [0.4, 0.5) is 0 Å². The standard InChI is InChI=1S/C8H14N2O2/c1-6(9-7(2)11)8(12)10-4-3-5-10/h6H,3-5H2,1-2H3,(H,9,11). The summed E-state index contributed by atoms with van der Waals surface area (Å²) in [4.78, 5) is 23.7. The van der Waals surface area contributed by atoms with Crippen LogP contribution in [-0.2, 0) is 9.59 Å². The lowest BCUT2D eigenvalue weighted by molar-refractivity contribution is -0.138. The molecule has 1 unspecified atom stereocenters. The van der Waals surface area contributed by atoms with Crippen molar-refractivity contribution in [3.05, 3.63) is 0 Å². The maximum absolute atomic E-state index is 11.4. The molecule has 1 saturated heterocycles. The molecule has 4 nitrogen and oxygen atoms in total. The molecule has 0 spiro atoms. The van der Waals surface area contributed by atoms with E-state index < -0.39 is 0 Å². The van der Waals surface area contributed by atoms with Gasteiger partial charge in [0.2, 0.25) is 11.8 Å². The van der Waals surface area contributed by atoms with E-state index in [0.717, 1.165) is 19.5 Å². The summed E-state index contributed by atoms with van der Waals surface area (Å²) in [6.45, 7) is 4.80. The smallest absolute Gasteiger partial charge is 0.244 e. The van der Waals surface area contributed by atoms with Gasteiger partial charge in [0.1, 0.15) is 6.04 Å². The van der Waals surface area contributed by atoms with Crippen LogP contribution in [0.2, 0.25) is 0 Å². The Morgan fingerprint density at radius 3 is 2.33 bits per heavy atom. The van der Waals surface area contributed by atoms with Crippen LogP contribution in [0.1, 0.15) is 20.3 Å². The van der Waals surface area contributed by atoms with Gasteiger partial charge in [-0.1, -0.05) is 0 Å². The Labute approximate surface area is 71.9 Å². The van der Waals surface area contributed by atoms with E-state index in [0.29, 0.717) is 0 Å². The molecule has 0 saturated carbocycles. The van der Waals surface area contributed by atoms with Gasteiger partial charge in [0.05, 0.1) is 0 Å². The van der Waals surface area contributed by atoms with Crippen LogP contribution in [0.15, 0.2) is 0 Å². The molecule has 12 heavy (non-hydrogen) atoms. The molecular formula is C8H14N2O2. The third-order valence-electron chi connectivity index (χ3n) is 1.96. The van der Waals surface area contributed by atoms with Crippen LogP contribution in [0.5, 0.6) is 0 Å². The molecule has 0 aromatic carbocycles. The van der Waals surface area contributed by atoms with Crippen molar-refractivity contribution in [3.63, 3.8) is 0 Å². The number of rotatable bonds is 2. The number of nitrogens with zero attached hydrogens (tertiary/aromatic N) is 1. The van der Waals surface area contributed by atoms with Gasteiger partial charge < -0.3 is 10.2 Å². The molecule has 1 aliphatic rings. The summed E-state index contributed by atoms with van der Waals surface area (Å²) in [7, 11) is 0. The lowest BCUT2D eigenvalue weighted by Crippen LogP contribution is -2.51. The largest absolute Gasteiger partial charge is 0.345 e. The highest BCUT2D eigenvalue weighted by molar-refractivity contribution is 5.86. The van der Waals surface area contributed by atoms with Gasteiger partial charge in [0.25, 0.3) is 0 Å². The molecule has 0 aromatic heterocycles. The Morgan fingerprint density at radius 1 is 1.42 bits per heavy atom. The van der Waals surface area contributed by atoms with E-state index >= 15 is 0 Å². The first-order chi connectivity index (χ1) is 5.61. The van der Waals surface area contributed by atoms with Crippen molar-refractivity contribution in [2.45, 2.75) is 26.3 Å². The monoisotopic (exact) mass is 170 g/mol. The van der Waals surface area contributed by atoms with Crippen molar-refractivity contribution < 1.29 is 9.59 Å². The van der Waals surface area contributed by atoms with E-state index in [1.54, 1.807) is 11.8 Å². The van der Waals surface area contributed by atoms with Gasteiger partial charge in [-0.15, -0.1) is 0 Å². The van der Waals surface area contributed by atoms with Gasteiger partial charge in [0, 0.05) is 20.0 Å². The van der Waals surface area contributed by atoms with Crippen LogP contribution in [0.25, 0.3) is 0 Å². The van der Waals surface area contributed by atoms with Crippen molar-refractivity contribution in [2.75, 3.05) is 13.1 Å². The minimum absolute atomic E-state index is 0.0245. The van der Waals surface area contributed by atoms with Crippen LogP contribution in [0, 0.1) is 0 Å². The molecule has 0 aromatic rings. The number of amides is 2. The second kappa shape index (κ2) is 3.56. The van der Waals surface area contributed by atoms with Crippen molar-refractivity contribution >= 4 is 11.8 Å². The van der Waals surface area contributed by atoms with E-state index in [9.17, 15) is 9.59 Å².